The molecule has 29 heavy (non-hydrogen) atoms. The van der Waals surface area contributed by atoms with E-state index in [1.807, 2.05) is 24.3 Å². The van der Waals surface area contributed by atoms with Gasteiger partial charge in [0, 0.05) is 16.5 Å². The molecule has 0 N–H and O–H groups in total. The van der Waals surface area contributed by atoms with Crippen molar-refractivity contribution in [2.24, 2.45) is 0 Å². The Bertz CT molecular complexity index is 1010. The van der Waals surface area contributed by atoms with Gasteiger partial charge in [-0.3, -0.25) is 4.79 Å². The summed E-state index contributed by atoms with van der Waals surface area (Å²) in [6.45, 7) is -0.399. The number of Topliss-reactive ketones (excluding diaryl/α,β-unsaturated/α-hetero) is 1. The maximum Gasteiger partial charge on any atom is 0.358 e. The molecule has 0 spiro atoms. The summed E-state index contributed by atoms with van der Waals surface area (Å²) in [5.41, 5.74) is 1.37. The zero-order valence-corrected chi connectivity index (χ0v) is 16.9. The fourth-order valence-electron chi connectivity index (χ4n) is 2.53. The third kappa shape index (κ3) is 4.72. The number of hydrogen-bond donors (Lipinski definition) is 0. The zero-order chi connectivity index (χ0) is 20.8. The van der Waals surface area contributed by atoms with Crippen LogP contribution in [0.15, 0.2) is 47.8 Å². The molecule has 0 aliphatic carbocycles. The number of ketones is 1. The predicted molar refractivity (Wildman–Crippen MR) is 108 cm³/mol. The summed E-state index contributed by atoms with van der Waals surface area (Å²) in [5.74, 6) is 0.654. The highest BCUT2D eigenvalue weighted by Crippen LogP contribution is 2.28. The maximum absolute atomic E-state index is 12.3. The number of rotatable bonds is 8. The van der Waals surface area contributed by atoms with Crippen molar-refractivity contribution in [3.05, 3.63) is 59.1 Å². The van der Waals surface area contributed by atoms with E-state index in [1.54, 1.807) is 30.7 Å². The van der Waals surface area contributed by atoms with Gasteiger partial charge in [0.15, 0.2) is 29.6 Å². The van der Waals surface area contributed by atoms with E-state index in [0.717, 1.165) is 11.3 Å². The molecule has 2 aromatic carbocycles. The number of carbonyl (C=O) groups excluding carboxylic acids is 2. The standard InChI is InChI=1S/C21H19NO6S/c1-25-15-7-4-13(5-8-15)20-22-16(12-29-20)21(24)28-11-17(23)14-6-9-18(26-2)19(10-14)27-3/h4-10,12H,11H2,1-3H3. The van der Waals surface area contributed by atoms with Crippen molar-refractivity contribution in [2.45, 2.75) is 0 Å². The van der Waals surface area contributed by atoms with Crippen molar-refractivity contribution in [1.29, 1.82) is 0 Å². The van der Waals surface area contributed by atoms with Crippen LogP contribution in [0.3, 0.4) is 0 Å². The second-order valence-electron chi connectivity index (χ2n) is 5.84. The average Bonchev–Trinajstić information content (AvgIpc) is 3.27. The number of esters is 1. The van der Waals surface area contributed by atoms with Gasteiger partial charge in [-0.05, 0) is 42.5 Å². The Hall–Kier alpha value is -3.39. The Morgan fingerprint density at radius 2 is 1.66 bits per heavy atom. The number of methoxy groups -OCH3 is 3. The molecule has 0 bridgehead atoms. The lowest BCUT2D eigenvalue weighted by atomic mass is 10.1. The molecular formula is C21H19NO6S. The first-order chi connectivity index (χ1) is 14.0. The van der Waals surface area contributed by atoms with E-state index >= 15 is 0 Å². The van der Waals surface area contributed by atoms with Crippen LogP contribution in [-0.2, 0) is 4.74 Å². The van der Waals surface area contributed by atoms with Crippen LogP contribution in [0.4, 0.5) is 0 Å². The molecule has 0 amide bonds. The van der Waals surface area contributed by atoms with E-state index in [0.29, 0.717) is 22.1 Å². The van der Waals surface area contributed by atoms with Crippen molar-refractivity contribution in [3.63, 3.8) is 0 Å². The number of thiazole rings is 1. The number of hydrogen-bond acceptors (Lipinski definition) is 8. The minimum absolute atomic E-state index is 0.154. The monoisotopic (exact) mass is 413 g/mol. The molecule has 8 heteroatoms. The van der Waals surface area contributed by atoms with Crippen LogP contribution in [0.2, 0.25) is 0 Å². The van der Waals surface area contributed by atoms with E-state index in [-0.39, 0.29) is 11.5 Å². The Morgan fingerprint density at radius 3 is 2.31 bits per heavy atom. The van der Waals surface area contributed by atoms with E-state index < -0.39 is 12.6 Å². The van der Waals surface area contributed by atoms with Gasteiger partial charge in [0.2, 0.25) is 0 Å². The first-order valence-electron chi connectivity index (χ1n) is 8.58. The molecule has 0 fully saturated rings. The van der Waals surface area contributed by atoms with Gasteiger partial charge in [0.25, 0.3) is 0 Å². The quantitative estimate of drug-likeness (QED) is 0.409. The minimum Gasteiger partial charge on any atom is -0.497 e. The molecule has 0 atom stereocenters. The van der Waals surface area contributed by atoms with E-state index in [1.165, 1.54) is 25.6 Å². The fraction of sp³-hybridized carbons (Fsp3) is 0.190. The summed E-state index contributed by atoms with van der Waals surface area (Å²) in [4.78, 5) is 28.9. The highest BCUT2D eigenvalue weighted by Gasteiger charge is 2.17. The topological polar surface area (TPSA) is 84.0 Å². The second-order valence-corrected chi connectivity index (χ2v) is 6.69. The van der Waals surface area contributed by atoms with Crippen LogP contribution in [0.1, 0.15) is 20.8 Å². The lowest BCUT2D eigenvalue weighted by Crippen LogP contribution is -2.14. The summed E-state index contributed by atoms with van der Waals surface area (Å²) in [5, 5.41) is 2.27. The van der Waals surface area contributed by atoms with Gasteiger partial charge in [-0.15, -0.1) is 11.3 Å². The molecule has 7 nitrogen and oxygen atoms in total. The minimum atomic E-state index is -0.658. The van der Waals surface area contributed by atoms with Crippen LogP contribution < -0.4 is 14.2 Å². The number of ether oxygens (including phenoxy) is 4. The Kier molecular flexibility index (Phi) is 6.46. The van der Waals surface area contributed by atoms with Crippen LogP contribution in [0, 0.1) is 0 Å². The number of aromatic nitrogens is 1. The van der Waals surface area contributed by atoms with Gasteiger partial charge in [0.05, 0.1) is 21.3 Å². The summed E-state index contributed by atoms with van der Waals surface area (Å²) in [6.07, 6.45) is 0. The van der Waals surface area contributed by atoms with Crippen LogP contribution >= 0.6 is 11.3 Å². The van der Waals surface area contributed by atoms with Crippen LogP contribution in [0.5, 0.6) is 17.2 Å². The molecule has 0 unspecified atom stereocenters. The van der Waals surface area contributed by atoms with Crippen molar-refractivity contribution < 1.29 is 28.5 Å². The Balaban J connectivity index is 1.63. The normalized spacial score (nSPS) is 10.3. The first kappa shape index (κ1) is 20.3. The van der Waals surface area contributed by atoms with Crippen molar-refractivity contribution in [1.82, 2.24) is 4.98 Å². The number of nitrogens with zero attached hydrogens (tertiary/aromatic N) is 1. The van der Waals surface area contributed by atoms with Crippen molar-refractivity contribution >= 4 is 23.1 Å². The molecule has 1 heterocycles. The fourth-order valence-corrected chi connectivity index (χ4v) is 3.33. The van der Waals surface area contributed by atoms with Gasteiger partial charge in [0.1, 0.15) is 10.8 Å². The molecular weight excluding hydrogens is 394 g/mol. The average molecular weight is 413 g/mol. The molecule has 0 radical (unpaired) electrons. The van der Waals surface area contributed by atoms with Gasteiger partial charge >= 0.3 is 5.97 Å². The summed E-state index contributed by atoms with van der Waals surface area (Å²) < 4.78 is 20.6. The molecule has 0 saturated heterocycles. The summed E-state index contributed by atoms with van der Waals surface area (Å²) in [6, 6.07) is 12.1. The molecule has 3 aromatic rings. The Morgan fingerprint density at radius 1 is 0.931 bits per heavy atom. The van der Waals surface area contributed by atoms with Crippen molar-refractivity contribution in [3.8, 4) is 27.8 Å². The van der Waals surface area contributed by atoms with E-state index in [4.69, 9.17) is 18.9 Å². The largest absolute Gasteiger partial charge is 0.497 e. The van der Waals surface area contributed by atoms with Gasteiger partial charge in [-0.25, -0.2) is 9.78 Å². The van der Waals surface area contributed by atoms with Gasteiger partial charge < -0.3 is 18.9 Å². The highest BCUT2D eigenvalue weighted by atomic mass is 32.1. The molecule has 0 aliphatic heterocycles. The third-order valence-corrected chi connectivity index (χ3v) is 4.98. The lowest BCUT2D eigenvalue weighted by molar-refractivity contribution is 0.0470. The van der Waals surface area contributed by atoms with Gasteiger partial charge in [-0.1, -0.05) is 0 Å². The molecule has 0 saturated carbocycles. The molecule has 3 rings (SSSR count). The first-order valence-corrected chi connectivity index (χ1v) is 9.46. The highest BCUT2D eigenvalue weighted by molar-refractivity contribution is 7.13. The predicted octanol–water partition coefficient (Wildman–Crippen LogP) is 3.88. The number of benzene rings is 2. The third-order valence-electron chi connectivity index (χ3n) is 4.09. The van der Waals surface area contributed by atoms with Crippen LogP contribution in [-0.4, -0.2) is 44.7 Å². The summed E-state index contributed by atoms with van der Waals surface area (Å²) in [7, 11) is 4.58. The summed E-state index contributed by atoms with van der Waals surface area (Å²) >= 11 is 1.32. The molecule has 0 aliphatic rings. The van der Waals surface area contributed by atoms with E-state index in [2.05, 4.69) is 4.98 Å². The second kappa shape index (κ2) is 9.20. The van der Waals surface area contributed by atoms with Gasteiger partial charge in [-0.2, -0.15) is 0 Å². The van der Waals surface area contributed by atoms with E-state index in [9.17, 15) is 9.59 Å². The SMILES string of the molecule is COc1ccc(-c2nc(C(=O)OCC(=O)c3ccc(OC)c(OC)c3)cs2)cc1. The lowest BCUT2D eigenvalue weighted by Gasteiger charge is -2.09. The molecule has 1 aromatic heterocycles. The number of carbonyl (C=O) groups is 2. The van der Waals surface area contributed by atoms with Crippen LogP contribution in [0.25, 0.3) is 10.6 Å². The Labute approximate surface area is 171 Å². The maximum atomic E-state index is 12.3. The zero-order valence-electron chi connectivity index (χ0n) is 16.1. The van der Waals surface area contributed by atoms with Crippen molar-refractivity contribution in [2.75, 3.05) is 27.9 Å². The molecule has 150 valence electrons. The smallest absolute Gasteiger partial charge is 0.358 e.